The van der Waals surface area contributed by atoms with Crippen LogP contribution in [0.15, 0.2) is 53.6 Å². The lowest BCUT2D eigenvalue weighted by Gasteiger charge is -2.14. The Balaban J connectivity index is 1.92. The second-order valence-electron chi connectivity index (χ2n) is 6.67. The van der Waals surface area contributed by atoms with Crippen LogP contribution in [0.5, 0.6) is 5.75 Å². The van der Waals surface area contributed by atoms with E-state index in [0.29, 0.717) is 20.7 Å². The van der Waals surface area contributed by atoms with Gasteiger partial charge in [0.1, 0.15) is 5.75 Å². The van der Waals surface area contributed by atoms with Gasteiger partial charge in [0.15, 0.2) is 11.0 Å². The third-order valence-corrected chi connectivity index (χ3v) is 6.99. The lowest BCUT2D eigenvalue weighted by Crippen LogP contribution is -2.13. The van der Waals surface area contributed by atoms with E-state index >= 15 is 0 Å². The van der Waals surface area contributed by atoms with E-state index in [0.717, 1.165) is 29.7 Å². The smallest absolute Gasteiger partial charge is 0.157 e. The first-order valence-electron chi connectivity index (χ1n) is 8.96. The highest BCUT2D eigenvalue weighted by molar-refractivity contribution is 7.83. The molecule has 0 fully saturated rings. The molecule has 0 radical (unpaired) electrons. The van der Waals surface area contributed by atoms with Crippen molar-refractivity contribution in [1.29, 1.82) is 0 Å². The molecule has 2 aromatic carbocycles. The summed E-state index contributed by atoms with van der Waals surface area (Å²) in [6.07, 6.45) is 3.87. The highest BCUT2D eigenvalue weighted by Gasteiger charge is 2.30. The molecule has 1 aliphatic rings. The largest absolute Gasteiger partial charge is 0.497 e. The maximum Gasteiger partial charge on any atom is 0.157 e. The zero-order chi connectivity index (χ0) is 19.8. The van der Waals surface area contributed by atoms with E-state index in [2.05, 4.69) is 5.32 Å². The van der Waals surface area contributed by atoms with Gasteiger partial charge in [-0.15, -0.1) is 0 Å². The molecule has 28 heavy (non-hydrogen) atoms. The van der Waals surface area contributed by atoms with E-state index in [4.69, 9.17) is 27.9 Å². The lowest BCUT2D eigenvalue weighted by atomic mass is 10.1. The predicted molar refractivity (Wildman–Crippen MR) is 115 cm³/mol. The third kappa shape index (κ3) is 3.37. The van der Waals surface area contributed by atoms with Crippen LogP contribution in [-0.2, 0) is 17.4 Å². The van der Waals surface area contributed by atoms with Crippen LogP contribution in [0.2, 0.25) is 10.0 Å². The molecule has 0 saturated heterocycles. The fourth-order valence-corrected chi connectivity index (χ4v) is 5.36. The van der Waals surface area contributed by atoms with Crippen LogP contribution in [0.3, 0.4) is 0 Å². The van der Waals surface area contributed by atoms with Crippen molar-refractivity contribution in [3.05, 3.63) is 69.8 Å². The predicted octanol–water partition coefficient (Wildman–Crippen LogP) is 5.25. The molecule has 3 aromatic rings. The quantitative estimate of drug-likeness (QED) is 0.596. The molecule has 7 heteroatoms. The number of hydrogen-bond acceptors (Lipinski definition) is 3. The SMILES string of the molecule is CNC1CCc2c1cn(S(=O)c1cccc(OC)c1)c2-c1cc(Cl)ccc1Cl. The van der Waals surface area contributed by atoms with Gasteiger partial charge in [0.25, 0.3) is 0 Å². The van der Waals surface area contributed by atoms with E-state index in [1.807, 2.05) is 37.5 Å². The van der Waals surface area contributed by atoms with Crippen molar-refractivity contribution < 1.29 is 8.95 Å². The molecular formula is C21H20Cl2N2O2S. The molecule has 1 heterocycles. The molecule has 0 amide bonds. The Morgan fingerprint density at radius 3 is 2.79 bits per heavy atom. The number of hydrogen-bond donors (Lipinski definition) is 1. The number of fused-ring (bicyclic) bond motifs is 1. The van der Waals surface area contributed by atoms with Crippen molar-refractivity contribution in [2.75, 3.05) is 14.2 Å². The number of benzene rings is 2. The van der Waals surface area contributed by atoms with Crippen LogP contribution >= 0.6 is 23.2 Å². The van der Waals surface area contributed by atoms with E-state index in [9.17, 15) is 4.21 Å². The van der Waals surface area contributed by atoms with E-state index in [1.165, 1.54) is 5.56 Å². The first kappa shape index (κ1) is 19.5. The normalized spacial score (nSPS) is 16.8. The minimum atomic E-state index is -1.45. The van der Waals surface area contributed by atoms with Crippen molar-refractivity contribution in [2.24, 2.45) is 0 Å². The van der Waals surface area contributed by atoms with Gasteiger partial charge in [-0.2, -0.15) is 0 Å². The van der Waals surface area contributed by atoms with Crippen LogP contribution in [0.4, 0.5) is 0 Å². The van der Waals surface area contributed by atoms with E-state index < -0.39 is 11.0 Å². The number of ether oxygens (including phenoxy) is 1. The monoisotopic (exact) mass is 434 g/mol. The van der Waals surface area contributed by atoms with Crippen LogP contribution < -0.4 is 10.1 Å². The summed E-state index contributed by atoms with van der Waals surface area (Å²) < 4.78 is 20.6. The van der Waals surface area contributed by atoms with Gasteiger partial charge in [0, 0.05) is 22.8 Å². The Labute approximate surface area is 177 Å². The second kappa shape index (κ2) is 7.91. The van der Waals surface area contributed by atoms with Gasteiger partial charge >= 0.3 is 0 Å². The van der Waals surface area contributed by atoms with Crippen molar-refractivity contribution in [2.45, 2.75) is 23.8 Å². The Bertz CT molecular complexity index is 1060. The van der Waals surface area contributed by atoms with Crippen molar-refractivity contribution >= 4 is 34.2 Å². The Hall–Kier alpha value is -1.79. The van der Waals surface area contributed by atoms with Crippen LogP contribution in [0.1, 0.15) is 23.6 Å². The summed E-state index contributed by atoms with van der Waals surface area (Å²) in [5.41, 5.74) is 3.98. The number of halogens is 2. The Morgan fingerprint density at radius 1 is 1.21 bits per heavy atom. The summed E-state index contributed by atoms with van der Waals surface area (Å²) in [5, 5.41) is 4.52. The molecule has 0 saturated carbocycles. The maximum atomic E-state index is 13.5. The summed E-state index contributed by atoms with van der Waals surface area (Å²) in [6, 6.07) is 12.9. The first-order chi connectivity index (χ1) is 13.5. The van der Waals surface area contributed by atoms with Gasteiger partial charge in [0.2, 0.25) is 0 Å². The molecule has 4 nitrogen and oxygen atoms in total. The van der Waals surface area contributed by atoms with Gasteiger partial charge in [0.05, 0.1) is 22.7 Å². The lowest BCUT2D eigenvalue weighted by molar-refractivity contribution is 0.413. The fraction of sp³-hybridized carbons (Fsp3) is 0.238. The fourth-order valence-electron chi connectivity index (χ4n) is 3.76. The number of nitrogens with one attached hydrogen (secondary N) is 1. The molecule has 0 aliphatic heterocycles. The maximum absolute atomic E-state index is 13.5. The Kier molecular flexibility index (Phi) is 5.52. The topological polar surface area (TPSA) is 43.3 Å². The minimum absolute atomic E-state index is 0.232. The summed E-state index contributed by atoms with van der Waals surface area (Å²) in [6.45, 7) is 0. The molecule has 2 unspecified atom stereocenters. The van der Waals surface area contributed by atoms with Gasteiger partial charge in [-0.3, -0.25) is 3.97 Å². The number of methoxy groups -OCH3 is 1. The molecular weight excluding hydrogens is 415 g/mol. The number of aromatic nitrogens is 1. The van der Waals surface area contributed by atoms with Gasteiger partial charge in [-0.1, -0.05) is 29.3 Å². The molecule has 1 N–H and O–H groups in total. The van der Waals surface area contributed by atoms with E-state index in [-0.39, 0.29) is 6.04 Å². The number of rotatable bonds is 5. The van der Waals surface area contributed by atoms with Crippen LogP contribution in [0.25, 0.3) is 11.3 Å². The molecule has 1 aliphatic carbocycles. The average Bonchev–Trinajstić information content (AvgIpc) is 3.28. The molecule has 146 valence electrons. The summed E-state index contributed by atoms with van der Waals surface area (Å²) in [7, 11) is 2.09. The van der Waals surface area contributed by atoms with Crippen molar-refractivity contribution in [3.63, 3.8) is 0 Å². The second-order valence-corrected chi connectivity index (χ2v) is 8.88. The van der Waals surface area contributed by atoms with Crippen LogP contribution in [-0.4, -0.2) is 22.3 Å². The summed E-state index contributed by atoms with van der Waals surface area (Å²) in [4.78, 5) is 0.661. The Morgan fingerprint density at radius 2 is 2.04 bits per heavy atom. The van der Waals surface area contributed by atoms with Crippen molar-refractivity contribution in [3.8, 4) is 17.0 Å². The first-order valence-corrected chi connectivity index (χ1v) is 10.8. The number of nitrogens with zero attached hydrogens (tertiary/aromatic N) is 1. The summed E-state index contributed by atoms with van der Waals surface area (Å²) in [5.74, 6) is 0.668. The highest BCUT2D eigenvalue weighted by atomic mass is 35.5. The molecule has 1 aromatic heterocycles. The molecule has 4 rings (SSSR count). The van der Waals surface area contributed by atoms with Gasteiger partial charge < -0.3 is 10.1 Å². The minimum Gasteiger partial charge on any atom is -0.497 e. The average molecular weight is 435 g/mol. The zero-order valence-electron chi connectivity index (χ0n) is 15.5. The third-order valence-electron chi connectivity index (χ3n) is 5.12. The highest BCUT2D eigenvalue weighted by Crippen LogP contribution is 2.43. The molecule has 0 spiro atoms. The standard InChI is InChI=1S/C21H20Cl2N2O2S/c1-24-20-9-7-16-18(20)12-25(21(16)17-10-13(22)6-8-19(17)23)28(26)15-5-3-4-14(11-15)27-2/h3-6,8,10-12,20,24H,7,9H2,1-2H3. The van der Waals surface area contributed by atoms with E-state index in [1.54, 1.807) is 29.3 Å². The van der Waals surface area contributed by atoms with Gasteiger partial charge in [-0.25, -0.2) is 4.21 Å². The van der Waals surface area contributed by atoms with Gasteiger partial charge in [-0.05, 0) is 67.4 Å². The molecule has 2 atom stereocenters. The summed E-state index contributed by atoms with van der Waals surface area (Å²) >= 11 is 12.8. The zero-order valence-corrected chi connectivity index (χ0v) is 17.9. The van der Waals surface area contributed by atoms with Crippen molar-refractivity contribution in [1.82, 2.24) is 9.29 Å². The van der Waals surface area contributed by atoms with Crippen LogP contribution in [0, 0.1) is 0 Å². The molecule has 0 bridgehead atoms.